The van der Waals surface area contributed by atoms with Gasteiger partial charge in [0.05, 0.1) is 11.1 Å². The first-order valence-corrected chi connectivity index (χ1v) is 9.44. The van der Waals surface area contributed by atoms with E-state index in [9.17, 15) is 12.8 Å². The Kier molecular flexibility index (Phi) is 6.41. The molecule has 0 aliphatic carbocycles. The lowest BCUT2D eigenvalue weighted by atomic mass is 10.2. The number of hydrogen-bond donors (Lipinski definition) is 2. The average Bonchev–Trinajstić information content (AvgIpc) is 2.58. The molecule has 138 valence electrons. The van der Waals surface area contributed by atoms with Gasteiger partial charge in [-0.25, -0.2) is 17.1 Å². The Morgan fingerprint density at radius 1 is 1.23 bits per heavy atom. The highest BCUT2D eigenvalue weighted by atomic mass is 32.2. The molecule has 2 rings (SSSR count). The number of hydrogen-bond acceptors (Lipinski definition) is 4. The van der Waals surface area contributed by atoms with Gasteiger partial charge in [-0.1, -0.05) is 24.3 Å². The van der Waals surface area contributed by atoms with Crippen molar-refractivity contribution in [2.75, 3.05) is 19.4 Å². The van der Waals surface area contributed by atoms with E-state index in [1.54, 1.807) is 24.3 Å². The summed E-state index contributed by atoms with van der Waals surface area (Å²) < 4.78 is 39.1. The molecule has 0 heterocycles. The molecule has 0 aliphatic heterocycles. The number of hydrazone groups is 1. The highest BCUT2D eigenvalue weighted by Gasteiger charge is 2.18. The van der Waals surface area contributed by atoms with E-state index in [0.717, 1.165) is 9.87 Å². The summed E-state index contributed by atoms with van der Waals surface area (Å²) in [5.41, 5.74) is 4.24. The molecule has 0 saturated carbocycles. The number of nitrogens with zero attached hydrogens (tertiary/aromatic N) is 2. The molecular weight excluding hydrogens is 375 g/mol. The van der Waals surface area contributed by atoms with Gasteiger partial charge in [0.25, 0.3) is 0 Å². The van der Waals surface area contributed by atoms with Crippen molar-refractivity contribution in [3.05, 3.63) is 59.4 Å². The van der Waals surface area contributed by atoms with Crippen LogP contribution in [0, 0.1) is 12.7 Å². The monoisotopic (exact) mass is 394 g/mol. The SMILES string of the molecule is Cc1ccc(S(=O)(=O)N(C)C)cc1NC(=S)NN=Cc1ccccc1F. The number of rotatable bonds is 5. The molecule has 0 unspecified atom stereocenters. The Hall–Kier alpha value is -2.36. The average molecular weight is 394 g/mol. The van der Waals surface area contributed by atoms with Crippen molar-refractivity contribution in [1.82, 2.24) is 9.73 Å². The van der Waals surface area contributed by atoms with E-state index in [1.807, 2.05) is 6.92 Å². The number of halogens is 1. The van der Waals surface area contributed by atoms with Crippen molar-refractivity contribution >= 4 is 39.3 Å². The number of anilines is 1. The number of benzene rings is 2. The van der Waals surface area contributed by atoms with Crippen LogP contribution in [0.3, 0.4) is 0 Å². The van der Waals surface area contributed by atoms with E-state index in [4.69, 9.17) is 12.2 Å². The standard InChI is InChI=1S/C17H19FN4O2S2/c1-12-8-9-14(26(23,24)22(2)3)10-16(12)20-17(25)21-19-11-13-6-4-5-7-15(13)18/h4-11H,1-3H3,(H2,20,21,25). The summed E-state index contributed by atoms with van der Waals surface area (Å²) in [5.74, 6) is -0.394. The van der Waals surface area contributed by atoms with Crippen LogP contribution in [-0.2, 0) is 10.0 Å². The summed E-state index contributed by atoms with van der Waals surface area (Å²) >= 11 is 5.14. The maximum atomic E-state index is 13.5. The Balaban J connectivity index is 2.11. The van der Waals surface area contributed by atoms with E-state index >= 15 is 0 Å². The lowest BCUT2D eigenvalue weighted by molar-refractivity contribution is 0.521. The number of sulfonamides is 1. The van der Waals surface area contributed by atoms with E-state index in [1.165, 1.54) is 38.5 Å². The third kappa shape index (κ3) is 4.84. The molecule has 0 saturated heterocycles. The Morgan fingerprint density at radius 3 is 2.58 bits per heavy atom. The van der Waals surface area contributed by atoms with Crippen molar-refractivity contribution in [2.45, 2.75) is 11.8 Å². The van der Waals surface area contributed by atoms with Crippen molar-refractivity contribution in [2.24, 2.45) is 5.10 Å². The lowest BCUT2D eigenvalue weighted by Crippen LogP contribution is -2.25. The predicted octanol–water partition coefficient (Wildman–Crippen LogP) is 2.70. The first-order valence-electron chi connectivity index (χ1n) is 7.59. The van der Waals surface area contributed by atoms with E-state index in [0.29, 0.717) is 11.3 Å². The van der Waals surface area contributed by atoms with E-state index < -0.39 is 15.8 Å². The van der Waals surface area contributed by atoms with Gasteiger partial charge in [-0.15, -0.1) is 0 Å². The molecule has 2 aromatic carbocycles. The van der Waals surface area contributed by atoms with Gasteiger partial charge in [0.2, 0.25) is 10.0 Å². The molecule has 0 atom stereocenters. The van der Waals surface area contributed by atoms with Gasteiger partial charge < -0.3 is 5.32 Å². The van der Waals surface area contributed by atoms with Crippen LogP contribution in [-0.4, -0.2) is 38.1 Å². The minimum atomic E-state index is -3.55. The first kappa shape index (κ1) is 20.0. The summed E-state index contributed by atoms with van der Waals surface area (Å²) in [6.45, 7) is 1.82. The maximum Gasteiger partial charge on any atom is 0.242 e. The van der Waals surface area contributed by atoms with Crippen LogP contribution in [0.5, 0.6) is 0 Å². The zero-order chi connectivity index (χ0) is 19.3. The first-order chi connectivity index (χ1) is 12.2. The molecule has 0 radical (unpaired) electrons. The highest BCUT2D eigenvalue weighted by Crippen LogP contribution is 2.21. The topological polar surface area (TPSA) is 73.8 Å². The van der Waals surface area contributed by atoms with Gasteiger partial charge >= 0.3 is 0 Å². The van der Waals surface area contributed by atoms with Crippen LogP contribution >= 0.6 is 12.2 Å². The van der Waals surface area contributed by atoms with Crippen molar-refractivity contribution in [3.63, 3.8) is 0 Å². The fraction of sp³-hybridized carbons (Fsp3) is 0.176. The summed E-state index contributed by atoms with van der Waals surface area (Å²) in [7, 11) is -0.623. The third-order valence-electron chi connectivity index (χ3n) is 3.51. The number of nitrogens with one attached hydrogen (secondary N) is 2. The summed E-state index contributed by atoms with van der Waals surface area (Å²) in [6, 6.07) is 10.9. The van der Waals surface area contributed by atoms with Crippen molar-refractivity contribution in [1.29, 1.82) is 0 Å². The molecule has 26 heavy (non-hydrogen) atoms. The number of thiocarbonyl (C=S) groups is 1. The third-order valence-corrected chi connectivity index (χ3v) is 5.52. The molecule has 0 bridgehead atoms. The summed E-state index contributed by atoms with van der Waals surface area (Å²) in [4.78, 5) is 0.147. The second-order valence-electron chi connectivity index (χ2n) is 5.61. The molecule has 0 fully saturated rings. The zero-order valence-corrected chi connectivity index (χ0v) is 16.2. The van der Waals surface area contributed by atoms with Crippen LogP contribution in [0.25, 0.3) is 0 Å². The molecular formula is C17H19FN4O2S2. The fourth-order valence-corrected chi connectivity index (χ4v) is 3.09. The molecule has 9 heteroatoms. The summed E-state index contributed by atoms with van der Waals surface area (Å²) in [5, 5.41) is 6.93. The summed E-state index contributed by atoms with van der Waals surface area (Å²) in [6.07, 6.45) is 1.31. The quantitative estimate of drug-likeness (QED) is 0.463. The molecule has 6 nitrogen and oxygen atoms in total. The predicted molar refractivity (Wildman–Crippen MR) is 105 cm³/mol. The van der Waals surface area contributed by atoms with Crippen LogP contribution in [0.1, 0.15) is 11.1 Å². The largest absolute Gasteiger partial charge is 0.331 e. The van der Waals surface area contributed by atoms with Crippen LogP contribution in [0.2, 0.25) is 0 Å². The fourth-order valence-electron chi connectivity index (χ4n) is 2.00. The van der Waals surface area contributed by atoms with Gasteiger partial charge in [0.1, 0.15) is 5.82 Å². The maximum absolute atomic E-state index is 13.5. The molecule has 0 amide bonds. The minimum absolute atomic E-state index is 0.147. The smallest absolute Gasteiger partial charge is 0.242 e. The minimum Gasteiger partial charge on any atom is -0.331 e. The molecule has 2 aromatic rings. The second kappa shape index (κ2) is 8.35. The van der Waals surface area contributed by atoms with Crippen LogP contribution < -0.4 is 10.7 Å². The Bertz CT molecular complexity index is 944. The zero-order valence-electron chi connectivity index (χ0n) is 14.5. The Morgan fingerprint density at radius 2 is 1.92 bits per heavy atom. The lowest BCUT2D eigenvalue weighted by Gasteiger charge is -2.15. The van der Waals surface area contributed by atoms with Crippen LogP contribution in [0.4, 0.5) is 10.1 Å². The Labute approximate surface area is 157 Å². The second-order valence-corrected chi connectivity index (χ2v) is 8.17. The normalized spacial score (nSPS) is 11.7. The van der Waals surface area contributed by atoms with Gasteiger partial charge in [-0.05, 0) is 42.9 Å². The van der Waals surface area contributed by atoms with Crippen molar-refractivity contribution < 1.29 is 12.8 Å². The molecule has 2 N–H and O–H groups in total. The van der Waals surface area contributed by atoms with Crippen LogP contribution in [0.15, 0.2) is 52.5 Å². The van der Waals surface area contributed by atoms with E-state index in [-0.39, 0.29) is 10.0 Å². The van der Waals surface area contributed by atoms with E-state index in [2.05, 4.69) is 15.8 Å². The van der Waals surface area contributed by atoms with Gasteiger partial charge in [-0.2, -0.15) is 5.10 Å². The molecule has 0 aliphatic rings. The van der Waals surface area contributed by atoms with Gasteiger partial charge in [0, 0.05) is 25.3 Å². The highest BCUT2D eigenvalue weighted by molar-refractivity contribution is 7.89. The molecule has 0 aromatic heterocycles. The molecule has 0 spiro atoms. The van der Waals surface area contributed by atoms with Gasteiger partial charge in [-0.3, -0.25) is 5.43 Å². The van der Waals surface area contributed by atoms with Gasteiger partial charge in [0.15, 0.2) is 5.11 Å². The number of aryl methyl sites for hydroxylation is 1. The van der Waals surface area contributed by atoms with Crippen molar-refractivity contribution in [3.8, 4) is 0 Å².